The van der Waals surface area contributed by atoms with E-state index in [0.29, 0.717) is 5.75 Å². The van der Waals surface area contributed by atoms with Crippen LogP contribution in [0, 0.1) is 6.92 Å². The van der Waals surface area contributed by atoms with Crippen molar-refractivity contribution >= 4 is 23.4 Å². The molecule has 0 aliphatic carbocycles. The summed E-state index contributed by atoms with van der Waals surface area (Å²) in [6, 6.07) is 15.9. The molecule has 0 fully saturated rings. The van der Waals surface area contributed by atoms with Crippen LogP contribution in [-0.2, 0) is 10.5 Å². The van der Waals surface area contributed by atoms with E-state index in [-0.39, 0.29) is 5.91 Å². The summed E-state index contributed by atoms with van der Waals surface area (Å²) in [6.45, 7) is 3.93. The summed E-state index contributed by atoms with van der Waals surface area (Å²) < 4.78 is 5.12. The molecule has 126 valence electrons. The smallest absolute Gasteiger partial charge is 0.250 e. The number of amides is 1. The number of carbonyl (C=O) groups is 1. The molecule has 0 aliphatic rings. The van der Waals surface area contributed by atoms with Gasteiger partial charge in [-0.2, -0.15) is 5.10 Å². The molecule has 0 heterocycles. The van der Waals surface area contributed by atoms with Gasteiger partial charge in [0.15, 0.2) is 0 Å². The summed E-state index contributed by atoms with van der Waals surface area (Å²) >= 11 is 1.57. The van der Waals surface area contributed by atoms with Crippen molar-refractivity contribution in [1.29, 1.82) is 0 Å². The molecule has 0 atom stereocenters. The minimum absolute atomic E-state index is 0.0972. The van der Waals surface area contributed by atoms with Crippen molar-refractivity contribution in [2.45, 2.75) is 19.6 Å². The number of methoxy groups -OCH3 is 1. The Bertz CT molecular complexity index is 694. The first kappa shape index (κ1) is 18.1. The van der Waals surface area contributed by atoms with Gasteiger partial charge in [0.05, 0.1) is 18.6 Å². The average molecular weight is 342 g/mol. The van der Waals surface area contributed by atoms with Crippen LogP contribution < -0.4 is 10.2 Å². The molecule has 1 N–H and O–H groups in total. The molecule has 2 aromatic rings. The second-order valence-electron chi connectivity index (χ2n) is 5.44. The number of thioether (sulfide) groups is 1. The van der Waals surface area contributed by atoms with Gasteiger partial charge in [-0.3, -0.25) is 4.79 Å². The summed E-state index contributed by atoms with van der Waals surface area (Å²) in [5, 5.41) is 4.15. The first-order chi connectivity index (χ1) is 11.6. The molecule has 4 nitrogen and oxygen atoms in total. The minimum atomic E-state index is -0.0972. The zero-order chi connectivity index (χ0) is 17.4. The van der Waals surface area contributed by atoms with Crippen molar-refractivity contribution in [2.24, 2.45) is 5.10 Å². The van der Waals surface area contributed by atoms with E-state index in [1.165, 1.54) is 11.1 Å². The Morgan fingerprint density at radius 1 is 1.12 bits per heavy atom. The maximum Gasteiger partial charge on any atom is 0.250 e. The fourth-order valence-corrected chi connectivity index (χ4v) is 2.80. The normalized spacial score (nSPS) is 11.2. The number of ether oxygens (including phenoxy) is 1. The lowest BCUT2D eigenvalue weighted by Crippen LogP contribution is -2.21. The van der Waals surface area contributed by atoms with E-state index < -0.39 is 0 Å². The van der Waals surface area contributed by atoms with Gasteiger partial charge in [0.2, 0.25) is 5.91 Å². The molecule has 0 saturated heterocycles. The largest absolute Gasteiger partial charge is 0.497 e. The zero-order valence-corrected chi connectivity index (χ0v) is 15.0. The highest BCUT2D eigenvalue weighted by Gasteiger charge is 2.03. The maximum absolute atomic E-state index is 11.9. The molecule has 0 unspecified atom stereocenters. The maximum atomic E-state index is 11.9. The molecule has 5 heteroatoms. The molecular weight excluding hydrogens is 320 g/mol. The highest BCUT2D eigenvalue weighted by molar-refractivity contribution is 7.99. The molecule has 2 aromatic carbocycles. The van der Waals surface area contributed by atoms with E-state index in [0.717, 1.165) is 22.8 Å². The summed E-state index contributed by atoms with van der Waals surface area (Å²) in [5.41, 5.74) is 6.77. The van der Waals surface area contributed by atoms with Crippen LogP contribution in [-0.4, -0.2) is 24.5 Å². The van der Waals surface area contributed by atoms with Gasteiger partial charge in [-0.05, 0) is 49.2 Å². The summed E-state index contributed by atoms with van der Waals surface area (Å²) in [6.07, 6.45) is 0. The van der Waals surface area contributed by atoms with Crippen LogP contribution >= 0.6 is 11.8 Å². The van der Waals surface area contributed by atoms with E-state index in [1.807, 2.05) is 31.2 Å². The van der Waals surface area contributed by atoms with Crippen molar-refractivity contribution in [2.75, 3.05) is 12.9 Å². The van der Waals surface area contributed by atoms with Crippen LogP contribution in [0.1, 0.15) is 23.6 Å². The zero-order valence-electron chi connectivity index (χ0n) is 14.2. The van der Waals surface area contributed by atoms with Crippen LogP contribution in [0.5, 0.6) is 5.75 Å². The van der Waals surface area contributed by atoms with E-state index in [9.17, 15) is 4.79 Å². The Kier molecular flexibility index (Phi) is 6.88. The minimum Gasteiger partial charge on any atom is -0.497 e. The highest BCUT2D eigenvalue weighted by Crippen LogP contribution is 2.13. The van der Waals surface area contributed by atoms with Gasteiger partial charge in [0.1, 0.15) is 5.75 Å². The second-order valence-corrected chi connectivity index (χ2v) is 6.42. The first-order valence-electron chi connectivity index (χ1n) is 7.69. The molecule has 0 bridgehead atoms. The summed E-state index contributed by atoms with van der Waals surface area (Å²) in [4.78, 5) is 11.9. The number of aryl methyl sites for hydroxylation is 1. The summed E-state index contributed by atoms with van der Waals surface area (Å²) in [5.74, 6) is 1.89. The predicted molar refractivity (Wildman–Crippen MR) is 101 cm³/mol. The van der Waals surface area contributed by atoms with Crippen LogP contribution in [0.2, 0.25) is 0 Å². The molecule has 24 heavy (non-hydrogen) atoms. The third-order valence-corrected chi connectivity index (χ3v) is 4.48. The van der Waals surface area contributed by atoms with Crippen molar-refractivity contribution in [3.8, 4) is 5.75 Å². The molecular formula is C19H22N2O2S. The number of carbonyl (C=O) groups excluding carboxylic acids is 1. The number of benzene rings is 2. The van der Waals surface area contributed by atoms with Crippen molar-refractivity contribution in [3.05, 3.63) is 65.2 Å². The molecule has 1 amide bonds. The molecule has 0 saturated carbocycles. The average Bonchev–Trinajstić information content (AvgIpc) is 2.61. The number of nitrogens with zero attached hydrogens (tertiary/aromatic N) is 1. The van der Waals surface area contributed by atoms with E-state index in [4.69, 9.17) is 4.74 Å². The Labute approximate surface area is 147 Å². The van der Waals surface area contributed by atoms with Gasteiger partial charge in [-0.15, -0.1) is 11.8 Å². The SMILES string of the molecule is COc1ccc(/C(C)=N\NC(=O)CSCc2ccc(C)cc2)cc1. The van der Waals surface area contributed by atoms with Gasteiger partial charge in [0, 0.05) is 5.75 Å². The Balaban J connectivity index is 1.77. The van der Waals surface area contributed by atoms with Gasteiger partial charge in [-0.1, -0.05) is 29.8 Å². The fourth-order valence-electron chi connectivity index (χ4n) is 2.02. The Hall–Kier alpha value is -2.27. The third kappa shape index (κ3) is 5.74. The lowest BCUT2D eigenvalue weighted by Gasteiger charge is -2.05. The highest BCUT2D eigenvalue weighted by atomic mass is 32.2. The van der Waals surface area contributed by atoms with Crippen LogP contribution in [0.25, 0.3) is 0 Å². The number of rotatable bonds is 7. The molecule has 0 aliphatic heterocycles. The van der Waals surface area contributed by atoms with Crippen molar-refractivity contribution in [3.63, 3.8) is 0 Å². The van der Waals surface area contributed by atoms with E-state index >= 15 is 0 Å². The molecule has 0 aromatic heterocycles. The first-order valence-corrected chi connectivity index (χ1v) is 8.85. The van der Waals surface area contributed by atoms with Gasteiger partial charge >= 0.3 is 0 Å². The quantitative estimate of drug-likeness (QED) is 0.615. The topological polar surface area (TPSA) is 50.7 Å². The Morgan fingerprint density at radius 2 is 1.79 bits per heavy atom. The molecule has 0 spiro atoms. The molecule has 0 radical (unpaired) electrons. The second kappa shape index (κ2) is 9.13. The Morgan fingerprint density at radius 3 is 2.42 bits per heavy atom. The lowest BCUT2D eigenvalue weighted by molar-refractivity contribution is -0.118. The number of nitrogens with one attached hydrogen (secondary N) is 1. The van der Waals surface area contributed by atoms with E-state index in [2.05, 4.69) is 41.7 Å². The van der Waals surface area contributed by atoms with Crippen molar-refractivity contribution in [1.82, 2.24) is 5.43 Å². The molecule has 2 rings (SSSR count). The van der Waals surface area contributed by atoms with Gasteiger partial charge in [0.25, 0.3) is 0 Å². The monoisotopic (exact) mass is 342 g/mol. The predicted octanol–water partition coefficient (Wildman–Crippen LogP) is 3.78. The fraction of sp³-hybridized carbons (Fsp3) is 0.263. The number of hydrogen-bond acceptors (Lipinski definition) is 4. The van der Waals surface area contributed by atoms with Gasteiger partial charge < -0.3 is 4.74 Å². The summed E-state index contributed by atoms with van der Waals surface area (Å²) in [7, 11) is 1.63. The number of hydrazone groups is 1. The van der Waals surface area contributed by atoms with Gasteiger partial charge in [-0.25, -0.2) is 5.43 Å². The lowest BCUT2D eigenvalue weighted by atomic mass is 10.1. The van der Waals surface area contributed by atoms with Crippen LogP contribution in [0.3, 0.4) is 0 Å². The van der Waals surface area contributed by atoms with Crippen LogP contribution in [0.4, 0.5) is 0 Å². The van der Waals surface area contributed by atoms with Crippen LogP contribution in [0.15, 0.2) is 53.6 Å². The van der Waals surface area contributed by atoms with Crippen molar-refractivity contribution < 1.29 is 9.53 Å². The van der Waals surface area contributed by atoms with E-state index in [1.54, 1.807) is 18.9 Å². The number of hydrogen-bond donors (Lipinski definition) is 1. The third-order valence-electron chi connectivity index (χ3n) is 3.48. The standard InChI is InChI=1S/C19H22N2O2S/c1-14-4-6-16(7-5-14)12-24-13-19(22)21-20-15(2)17-8-10-18(23-3)11-9-17/h4-11H,12-13H2,1-3H3,(H,21,22)/b20-15-.